The molecule has 2 saturated heterocycles. The Hall–Kier alpha value is -2.70. The van der Waals surface area contributed by atoms with Crippen LogP contribution in [0.1, 0.15) is 61.0 Å². The molecule has 2 heterocycles. The lowest BCUT2D eigenvalue weighted by atomic mass is 9.89. The molecule has 35 heavy (non-hydrogen) atoms. The van der Waals surface area contributed by atoms with Crippen LogP contribution in [0.2, 0.25) is 0 Å². The standard InChI is InChI=1S/C23H33N3O8S/c1-15-7-5-8-16(2)19(15)21(28)32-12-6-11-23(3,4)14-33-35(30,31)34-26-17-9-10-18(20(24)27)25(13-17)22(26)29/h5,7-8,17-18H,6,9-14H2,1-4H3,(H2,24,27). The van der Waals surface area contributed by atoms with Gasteiger partial charge in [-0.25, -0.2) is 13.8 Å². The molecular weight excluding hydrogens is 478 g/mol. The van der Waals surface area contributed by atoms with Crippen LogP contribution in [0.3, 0.4) is 0 Å². The number of aryl methyl sites for hydroxylation is 2. The number of hydroxylamine groups is 2. The number of carbonyl (C=O) groups is 3. The first-order chi connectivity index (χ1) is 16.3. The zero-order valence-corrected chi connectivity index (χ0v) is 21.3. The van der Waals surface area contributed by atoms with Gasteiger partial charge < -0.3 is 15.4 Å². The number of rotatable bonds is 11. The van der Waals surface area contributed by atoms with Crippen molar-refractivity contribution in [1.82, 2.24) is 9.96 Å². The van der Waals surface area contributed by atoms with Crippen LogP contribution in [-0.2, 0) is 28.4 Å². The van der Waals surface area contributed by atoms with Crippen LogP contribution in [0.5, 0.6) is 0 Å². The van der Waals surface area contributed by atoms with E-state index in [1.807, 2.05) is 45.9 Å². The molecule has 12 heteroatoms. The van der Waals surface area contributed by atoms with E-state index in [1.165, 1.54) is 4.90 Å². The SMILES string of the molecule is Cc1cccc(C)c1C(=O)OCCCC(C)(C)COS(=O)(=O)ON1C(=O)N2CC1CCC2C(N)=O. The van der Waals surface area contributed by atoms with Crippen molar-refractivity contribution in [1.29, 1.82) is 0 Å². The zero-order valence-electron chi connectivity index (χ0n) is 20.5. The first-order valence-electron chi connectivity index (χ1n) is 11.5. The van der Waals surface area contributed by atoms with Crippen molar-refractivity contribution in [3.63, 3.8) is 0 Å². The second-order valence-corrected chi connectivity index (χ2v) is 11.0. The number of piperidine rings is 1. The number of amides is 3. The third-order valence-electron chi connectivity index (χ3n) is 6.33. The smallest absolute Gasteiger partial charge is 0.421 e. The van der Waals surface area contributed by atoms with E-state index in [1.54, 1.807) is 0 Å². The van der Waals surface area contributed by atoms with Gasteiger partial charge in [-0.1, -0.05) is 32.0 Å². The molecular formula is C23H33N3O8S. The Bertz CT molecular complexity index is 1070. The van der Waals surface area contributed by atoms with Gasteiger partial charge in [0.2, 0.25) is 5.91 Å². The lowest BCUT2D eigenvalue weighted by Crippen LogP contribution is -2.47. The van der Waals surface area contributed by atoms with Crippen molar-refractivity contribution in [3.05, 3.63) is 34.9 Å². The summed E-state index contributed by atoms with van der Waals surface area (Å²) in [6.07, 6.45) is 1.75. The van der Waals surface area contributed by atoms with E-state index in [4.69, 9.17) is 18.9 Å². The number of ether oxygens (including phenoxy) is 1. The molecule has 0 aliphatic carbocycles. The molecule has 2 fully saturated rings. The summed E-state index contributed by atoms with van der Waals surface area (Å²) < 4.78 is 40.2. The number of fused-ring (bicyclic) bond motifs is 2. The molecule has 0 spiro atoms. The number of hydrogen-bond acceptors (Lipinski definition) is 8. The minimum Gasteiger partial charge on any atom is -0.462 e. The Labute approximate surface area is 205 Å². The van der Waals surface area contributed by atoms with Crippen LogP contribution in [-0.4, -0.2) is 68.1 Å². The van der Waals surface area contributed by atoms with E-state index in [-0.39, 0.29) is 25.7 Å². The van der Waals surface area contributed by atoms with E-state index < -0.39 is 39.8 Å². The normalized spacial score (nSPS) is 20.3. The summed E-state index contributed by atoms with van der Waals surface area (Å²) in [6.45, 7) is 7.47. The van der Waals surface area contributed by atoms with Crippen molar-refractivity contribution in [2.24, 2.45) is 11.1 Å². The highest BCUT2D eigenvalue weighted by Crippen LogP contribution is 2.31. The summed E-state index contributed by atoms with van der Waals surface area (Å²) in [5.41, 5.74) is 6.99. The highest BCUT2D eigenvalue weighted by Gasteiger charge is 2.49. The van der Waals surface area contributed by atoms with E-state index in [2.05, 4.69) is 0 Å². The highest BCUT2D eigenvalue weighted by atomic mass is 32.3. The number of hydrogen-bond donors (Lipinski definition) is 1. The van der Waals surface area contributed by atoms with Crippen LogP contribution < -0.4 is 5.73 Å². The predicted molar refractivity (Wildman–Crippen MR) is 125 cm³/mol. The predicted octanol–water partition coefficient (Wildman–Crippen LogP) is 2.21. The van der Waals surface area contributed by atoms with Crippen molar-refractivity contribution < 1.29 is 36.0 Å². The first-order valence-corrected chi connectivity index (χ1v) is 12.9. The van der Waals surface area contributed by atoms with Gasteiger partial charge in [-0.15, -0.1) is 4.28 Å². The van der Waals surface area contributed by atoms with E-state index in [0.29, 0.717) is 31.2 Å². The summed E-state index contributed by atoms with van der Waals surface area (Å²) in [7, 11) is -4.52. The minimum absolute atomic E-state index is 0.161. The lowest BCUT2D eigenvalue weighted by Gasteiger charge is -2.27. The molecule has 2 aliphatic heterocycles. The molecule has 1 aromatic rings. The van der Waals surface area contributed by atoms with E-state index in [9.17, 15) is 22.8 Å². The number of carbonyl (C=O) groups excluding carboxylic acids is 3. The Morgan fingerprint density at radius 3 is 2.46 bits per heavy atom. The molecule has 3 rings (SSSR count). The van der Waals surface area contributed by atoms with Gasteiger partial charge in [0.15, 0.2) is 0 Å². The van der Waals surface area contributed by atoms with Gasteiger partial charge in [0.25, 0.3) is 0 Å². The van der Waals surface area contributed by atoms with Crippen molar-refractivity contribution in [2.75, 3.05) is 19.8 Å². The summed E-state index contributed by atoms with van der Waals surface area (Å²) in [5.74, 6) is -1.03. The van der Waals surface area contributed by atoms with Gasteiger partial charge in [-0.2, -0.15) is 13.5 Å². The Morgan fingerprint density at radius 2 is 1.83 bits per heavy atom. The number of primary amides is 1. The zero-order chi connectivity index (χ0) is 26.0. The third-order valence-corrected chi connectivity index (χ3v) is 7.08. The Kier molecular flexibility index (Phi) is 8.07. The van der Waals surface area contributed by atoms with Crippen LogP contribution >= 0.6 is 0 Å². The summed E-state index contributed by atoms with van der Waals surface area (Å²) in [5, 5.41) is 0.748. The average Bonchev–Trinajstić information content (AvgIpc) is 2.99. The van der Waals surface area contributed by atoms with Gasteiger partial charge in [-0.3, -0.25) is 4.79 Å². The van der Waals surface area contributed by atoms with Crippen LogP contribution in [0, 0.1) is 19.3 Å². The van der Waals surface area contributed by atoms with Gasteiger partial charge >= 0.3 is 22.4 Å². The number of nitrogens with zero attached hydrogens (tertiary/aromatic N) is 2. The molecule has 2 unspecified atom stereocenters. The van der Waals surface area contributed by atoms with Crippen molar-refractivity contribution in [3.8, 4) is 0 Å². The summed E-state index contributed by atoms with van der Waals surface area (Å²) in [6, 6.07) is 3.57. The maximum Gasteiger partial charge on any atom is 0.421 e. The fourth-order valence-electron chi connectivity index (χ4n) is 4.37. The first kappa shape index (κ1) is 26.9. The molecule has 2 bridgehead atoms. The topological polar surface area (TPSA) is 146 Å². The quantitative estimate of drug-likeness (QED) is 0.352. The maximum atomic E-state index is 12.5. The highest BCUT2D eigenvalue weighted by molar-refractivity contribution is 7.81. The fourth-order valence-corrected chi connectivity index (χ4v) is 5.26. The Morgan fingerprint density at radius 1 is 1.17 bits per heavy atom. The molecule has 11 nitrogen and oxygen atoms in total. The number of benzene rings is 1. The monoisotopic (exact) mass is 511 g/mol. The van der Waals surface area contributed by atoms with E-state index >= 15 is 0 Å². The average molecular weight is 512 g/mol. The second-order valence-electron chi connectivity index (χ2n) is 9.83. The summed E-state index contributed by atoms with van der Waals surface area (Å²) >= 11 is 0. The summed E-state index contributed by atoms with van der Waals surface area (Å²) in [4.78, 5) is 37.7. The third kappa shape index (κ3) is 6.50. The molecule has 3 amide bonds. The maximum absolute atomic E-state index is 12.5. The van der Waals surface area contributed by atoms with E-state index in [0.717, 1.165) is 16.2 Å². The van der Waals surface area contributed by atoms with Gasteiger partial charge in [0.05, 0.1) is 24.8 Å². The number of nitrogens with two attached hydrogens (primary N) is 1. The number of esters is 1. The molecule has 1 aromatic carbocycles. The molecule has 194 valence electrons. The molecule has 0 saturated carbocycles. The van der Waals surface area contributed by atoms with Gasteiger partial charge in [0.1, 0.15) is 6.04 Å². The second kappa shape index (κ2) is 10.5. The lowest BCUT2D eigenvalue weighted by molar-refractivity contribution is -0.122. The minimum atomic E-state index is -4.52. The Balaban J connectivity index is 1.45. The fraction of sp³-hybridized carbons (Fsp3) is 0.609. The van der Waals surface area contributed by atoms with Gasteiger partial charge in [0, 0.05) is 6.54 Å². The van der Waals surface area contributed by atoms with Crippen molar-refractivity contribution >= 4 is 28.3 Å². The van der Waals surface area contributed by atoms with Gasteiger partial charge in [-0.05, 0) is 56.1 Å². The molecule has 2 atom stereocenters. The number of urea groups is 1. The molecule has 2 aliphatic rings. The van der Waals surface area contributed by atoms with Crippen LogP contribution in [0.4, 0.5) is 4.79 Å². The van der Waals surface area contributed by atoms with Crippen LogP contribution in [0.25, 0.3) is 0 Å². The van der Waals surface area contributed by atoms with Crippen molar-refractivity contribution in [2.45, 2.75) is 65.5 Å². The molecule has 0 radical (unpaired) electrons. The molecule has 0 aromatic heterocycles. The van der Waals surface area contributed by atoms with Crippen LogP contribution in [0.15, 0.2) is 18.2 Å². The molecule has 2 N–H and O–H groups in total. The largest absolute Gasteiger partial charge is 0.462 e.